The molecule has 2 aromatic rings. The summed E-state index contributed by atoms with van der Waals surface area (Å²) in [7, 11) is 0. The van der Waals surface area contributed by atoms with Crippen LogP contribution >= 0.6 is 0 Å². The van der Waals surface area contributed by atoms with Crippen molar-refractivity contribution < 1.29 is 47.7 Å². The molecule has 10 heteroatoms. The van der Waals surface area contributed by atoms with Gasteiger partial charge in [-0.3, -0.25) is 0 Å². The van der Waals surface area contributed by atoms with Crippen molar-refractivity contribution >= 4 is 35.9 Å². The number of carbonyl (C=O) groups is 5. The van der Waals surface area contributed by atoms with Gasteiger partial charge in [-0.1, -0.05) is 32.4 Å². The van der Waals surface area contributed by atoms with Gasteiger partial charge >= 0.3 is 29.8 Å². The van der Waals surface area contributed by atoms with Gasteiger partial charge in [-0.25, -0.2) is 24.0 Å². The van der Waals surface area contributed by atoms with E-state index in [9.17, 15) is 24.0 Å². The fourth-order valence-electron chi connectivity index (χ4n) is 2.59. The van der Waals surface area contributed by atoms with Crippen LogP contribution in [0.1, 0.15) is 33.3 Å². The molecule has 212 valence electrons. The third-order valence-electron chi connectivity index (χ3n) is 4.67. The number of hydrogen-bond donors (Lipinski definition) is 0. The molecule has 0 unspecified atom stereocenters. The second kappa shape index (κ2) is 14.0. The van der Waals surface area contributed by atoms with Crippen LogP contribution in [-0.4, -0.2) is 29.8 Å². The SMILES string of the molecule is C=C(C)C(=O)Oc1cc(OC(=O)/C=C/c2ccc(OC(=O)C(=C)C)c(OC(=O)C(=C)C)c2)cc(OC(=O)C(=C)C)c1. The molecule has 10 nitrogen and oxygen atoms in total. The van der Waals surface area contributed by atoms with Crippen molar-refractivity contribution in [3.8, 4) is 28.7 Å². The lowest BCUT2D eigenvalue weighted by atomic mass is 10.2. The van der Waals surface area contributed by atoms with Crippen molar-refractivity contribution in [1.82, 2.24) is 0 Å². The highest BCUT2D eigenvalue weighted by Gasteiger charge is 2.16. The fourth-order valence-corrected chi connectivity index (χ4v) is 2.59. The Labute approximate surface area is 236 Å². The molecule has 0 saturated heterocycles. The molecule has 0 N–H and O–H groups in total. The van der Waals surface area contributed by atoms with Gasteiger partial charge in [0.05, 0.1) is 0 Å². The molecule has 0 aliphatic heterocycles. The van der Waals surface area contributed by atoms with Crippen LogP contribution in [0.5, 0.6) is 28.7 Å². The molecule has 0 aliphatic carbocycles. The Morgan fingerprint density at radius 1 is 0.537 bits per heavy atom. The molecule has 41 heavy (non-hydrogen) atoms. The van der Waals surface area contributed by atoms with E-state index >= 15 is 0 Å². The van der Waals surface area contributed by atoms with E-state index in [0.29, 0.717) is 5.56 Å². The van der Waals surface area contributed by atoms with Crippen LogP contribution in [0.25, 0.3) is 6.08 Å². The van der Waals surface area contributed by atoms with E-state index in [2.05, 4.69) is 26.3 Å². The summed E-state index contributed by atoms with van der Waals surface area (Å²) in [5, 5.41) is 0. The first kappa shape index (κ1) is 31.7. The Hall–Kier alpha value is -5.51. The average molecular weight is 561 g/mol. The zero-order valence-electron chi connectivity index (χ0n) is 23.0. The normalized spacial score (nSPS) is 10.2. The van der Waals surface area contributed by atoms with Gasteiger partial charge in [0.25, 0.3) is 0 Å². The van der Waals surface area contributed by atoms with Crippen LogP contribution in [0.2, 0.25) is 0 Å². The van der Waals surface area contributed by atoms with Crippen molar-refractivity contribution in [2.45, 2.75) is 27.7 Å². The number of rotatable bonds is 11. The maximum atomic E-state index is 12.6. The van der Waals surface area contributed by atoms with E-state index in [0.717, 1.165) is 6.08 Å². The van der Waals surface area contributed by atoms with Gasteiger partial charge in [0, 0.05) is 46.6 Å². The van der Waals surface area contributed by atoms with Gasteiger partial charge in [0.2, 0.25) is 0 Å². The van der Waals surface area contributed by atoms with E-state index < -0.39 is 29.8 Å². The predicted molar refractivity (Wildman–Crippen MR) is 149 cm³/mol. The van der Waals surface area contributed by atoms with Gasteiger partial charge in [0.15, 0.2) is 11.5 Å². The Kier molecular flexibility index (Phi) is 10.9. The summed E-state index contributed by atoms with van der Waals surface area (Å²) < 4.78 is 26.1. The zero-order valence-corrected chi connectivity index (χ0v) is 23.0. The van der Waals surface area contributed by atoms with Gasteiger partial charge in [-0.2, -0.15) is 0 Å². The maximum absolute atomic E-state index is 12.6. The number of esters is 5. The van der Waals surface area contributed by atoms with Crippen LogP contribution in [0, 0.1) is 0 Å². The highest BCUT2D eigenvalue weighted by atomic mass is 16.6. The molecular weight excluding hydrogens is 532 g/mol. The Morgan fingerprint density at radius 2 is 0.927 bits per heavy atom. The molecule has 2 aromatic carbocycles. The van der Waals surface area contributed by atoms with E-state index in [1.54, 1.807) is 0 Å². The Balaban J connectivity index is 2.32. The summed E-state index contributed by atoms with van der Waals surface area (Å²) >= 11 is 0. The lowest BCUT2D eigenvalue weighted by molar-refractivity contribution is -0.132. The standard InChI is InChI=1S/C31H28O10/c1-17(2)28(33)38-23-14-22(15-24(16-23)39-29(34)18(3)4)37-27(32)12-10-21-9-11-25(40-30(35)19(5)6)26(13-21)41-31(36)20(7)8/h9-16H,1,3,5,7H2,2,4,6,8H3/b12-10+. The molecule has 0 fully saturated rings. The Morgan fingerprint density at radius 3 is 1.37 bits per heavy atom. The quantitative estimate of drug-likeness (QED) is 0.204. The molecule has 0 radical (unpaired) electrons. The first-order valence-electron chi connectivity index (χ1n) is 11.9. The summed E-state index contributed by atoms with van der Waals surface area (Å²) in [4.78, 5) is 60.6. The minimum absolute atomic E-state index is 0.0507. The zero-order chi connectivity index (χ0) is 30.9. The van der Waals surface area contributed by atoms with Gasteiger partial charge in [-0.05, 0) is 51.5 Å². The summed E-state index contributed by atoms with van der Waals surface area (Å²) in [6.45, 7) is 19.8. The minimum atomic E-state index is -0.858. The van der Waals surface area contributed by atoms with Crippen LogP contribution in [0.4, 0.5) is 0 Å². The van der Waals surface area contributed by atoms with Crippen molar-refractivity contribution in [2.24, 2.45) is 0 Å². The van der Waals surface area contributed by atoms with Crippen LogP contribution < -0.4 is 23.7 Å². The number of carbonyl (C=O) groups excluding carboxylic acids is 5. The second-order valence-corrected chi connectivity index (χ2v) is 8.78. The number of ether oxygens (including phenoxy) is 5. The topological polar surface area (TPSA) is 132 Å². The molecular formula is C31H28O10. The molecule has 0 saturated carbocycles. The minimum Gasteiger partial charge on any atom is -0.423 e. The Bertz CT molecular complexity index is 1460. The first-order valence-corrected chi connectivity index (χ1v) is 11.9. The average Bonchev–Trinajstić information content (AvgIpc) is 2.88. The summed E-state index contributed by atoms with van der Waals surface area (Å²) in [6, 6.07) is 7.96. The molecule has 0 atom stereocenters. The molecule has 0 aromatic heterocycles. The highest BCUT2D eigenvalue weighted by Crippen LogP contribution is 2.31. The van der Waals surface area contributed by atoms with E-state index in [1.807, 2.05) is 0 Å². The third-order valence-corrected chi connectivity index (χ3v) is 4.67. The number of benzene rings is 2. The monoisotopic (exact) mass is 560 g/mol. The van der Waals surface area contributed by atoms with Crippen molar-refractivity contribution in [1.29, 1.82) is 0 Å². The lowest BCUT2D eigenvalue weighted by Gasteiger charge is -2.11. The predicted octanol–water partition coefficient (Wildman–Crippen LogP) is 5.23. The first-order chi connectivity index (χ1) is 19.2. The van der Waals surface area contributed by atoms with Crippen molar-refractivity contribution in [3.63, 3.8) is 0 Å². The molecule has 0 heterocycles. The third kappa shape index (κ3) is 9.95. The highest BCUT2D eigenvalue weighted by molar-refractivity contribution is 5.93. The van der Waals surface area contributed by atoms with Gasteiger partial charge in [0.1, 0.15) is 17.2 Å². The van der Waals surface area contributed by atoms with E-state index in [-0.39, 0.29) is 51.0 Å². The van der Waals surface area contributed by atoms with Gasteiger partial charge in [-0.15, -0.1) is 0 Å². The van der Waals surface area contributed by atoms with Gasteiger partial charge < -0.3 is 23.7 Å². The molecule has 0 aliphatic rings. The fraction of sp³-hybridized carbons (Fsp3) is 0.129. The lowest BCUT2D eigenvalue weighted by Crippen LogP contribution is -2.13. The van der Waals surface area contributed by atoms with E-state index in [1.165, 1.54) is 70.2 Å². The van der Waals surface area contributed by atoms with Crippen molar-refractivity contribution in [2.75, 3.05) is 0 Å². The van der Waals surface area contributed by atoms with Crippen molar-refractivity contribution in [3.05, 3.63) is 96.6 Å². The summed E-state index contributed by atoms with van der Waals surface area (Å²) in [5.41, 5.74) is 0.844. The molecule has 0 amide bonds. The molecule has 0 spiro atoms. The summed E-state index contributed by atoms with van der Waals surface area (Å²) in [5.74, 6) is -4.22. The van der Waals surface area contributed by atoms with Crippen LogP contribution in [-0.2, 0) is 24.0 Å². The number of hydrogen-bond acceptors (Lipinski definition) is 10. The smallest absolute Gasteiger partial charge is 0.338 e. The summed E-state index contributed by atoms with van der Waals surface area (Å²) in [6.07, 6.45) is 2.41. The second-order valence-electron chi connectivity index (χ2n) is 8.78. The van der Waals surface area contributed by atoms with E-state index in [4.69, 9.17) is 23.7 Å². The maximum Gasteiger partial charge on any atom is 0.338 e. The molecule has 2 rings (SSSR count). The molecule has 0 bridgehead atoms. The van der Waals surface area contributed by atoms with Crippen LogP contribution in [0.15, 0.2) is 91.1 Å². The largest absolute Gasteiger partial charge is 0.423 e. The van der Waals surface area contributed by atoms with Crippen LogP contribution in [0.3, 0.4) is 0 Å².